The Morgan fingerprint density at radius 3 is 2.74 bits per heavy atom. The summed E-state index contributed by atoms with van der Waals surface area (Å²) in [5.41, 5.74) is 3.62. The van der Waals surface area contributed by atoms with E-state index in [1.165, 1.54) is 0 Å². The predicted octanol–water partition coefficient (Wildman–Crippen LogP) is 3.34. The molecule has 0 aliphatic carbocycles. The number of rotatable bonds is 1. The first-order valence-electron chi connectivity index (χ1n) is 6.34. The van der Waals surface area contributed by atoms with E-state index in [4.69, 9.17) is 4.74 Å². The van der Waals surface area contributed by atoms with Gasteiger partial charge in [0, 0.05) is 28.6 Å². The van der Waals surface area contributed by atoms with Gasteiger partial charge in [-0.05, 0) is 32.9 Å². The van der Waals surface area contributed by atoms with Gasteiger partial charge in [0.15, 0.2) is 5.78 Å². The Hall–Kier alpha value is -2.16. The van der Waals surface area contributed by atoms with Crippen molar-refractivity contribution >= 4 is 16.7 Å². The smallest absolute Gasteiger partial charge is 0.159 e. The number of allylic oxidation sites excluding steroid dienone is 2. The minimum atomic E-state index is 0.0655. The number of nitrogens with zero attached hydrogens (tertiary/aromatic N) is 1. The zero-order chi connectivity index (χ0) is 13.6. The molecule has 1 aliphatic heterocycles. The molecule has 1 aromatic heterocycles. The van der Waals surface area contributed by atoms with Gasteiger partial charge in [0.05, 0.1) is 5.52 Å². The van der Waals surface area contributed by atoms with E-state index in [0.29, 0.717) is 12.2 Å². The van der Waals surface area contributed by atoms with E-state index < -0.39 is 0 Å². The van der Waals surface area contributed by atoms with Crippen molar-refractivity contribution in [2.24, 2.45) is 0 Å². The number of aromatic nitrogens is 1. The summed E-state index contributed by atoms with van der Waals surface area (Å²) >= 11 is 0. The SMILES string of the molecule is CC(=O)C1=C(C)Oc2c(c(C)nc3ccccc23)C1. The zero-order valence-electron chi connectivity index (χ0n) is 11.3. The van der Waals surface area contributed by atoms with Crippen LogP contribution in [0.3, 0.4) is 0 Å². The molecule has 0 saturated heterocycles. The number of carbonyl (C=O) groups excluding carboxylic acids is 1. The second-order valence-electron chi connectivity index (χ2n) is 4.89. The highest BCUT2D eigenvalue weighted by Gasteiger charge is 2.24. The standard InChI is InChI=1S/C16H15NO2/c1-9-13-8-14(10(2)18)11(3)19-16(13)12-6-4-5-7-15(12)17-9/h4-7H,8H2,1-3H3. The largest absolute Gasteiger partial charge is 0.461 e. The fourth-order valence-electron chi connectivity index (χ4n) is 2.55. The summed E-state index contributed by atoms with van der Waals surface area (Å²) in [6.07, 6.45) is 0.611. The van der Waals surface area contributed by atoms with Crippen molar-refractivity contribution in [1.82, 2.24) is 4.98 Å². The monoisotopic (exact) mass is 253 g/mol. The molecular formula is C16H15NO2. The fourth-order valence-corrected chi connectivity index (χ4v) is 2.55. The van der Waals surface area contributed by atoms with Crippen molar-refractivity contribution in [1.29, 1.82) is 0 Å². The van der Waals surface area contributed by atoms with Crippen molar-refractivity contribution in [2.75, 3.05) is 0 Å². The first-order chi connectivity index (χ1) is 9.08. The quantitative estimate of drug-likeness (QED) is 0.782. The topological polar surface area (TPSA) is 39.2 Å². The van der Waals surface area contributed by atoms with Gasteiger partial charge in [-0.25, -0.2) is 0 Å². The fraction of sp³-hybridized carbons (Fsp3) is 0.250. The summed E-state index contributed by atoms with van der Waals surface area (Å²) in [6.45, 7) is 5.40. The Bertz CT molecular complexity index is 729. The lowest BCUT2D eigenvalue weighted by molar-refractivity contribution is -0.113. The molecule has 0 radical (unpaired) electrons. The van der Waals surface area contributed by atoms with Crippen LogP contribution in [0.1, 0.15) is 25.1 Å². The van der Waals surface area contributed by atoms with Gasteiger partial charge >= 0.3 is 0 Å². The van der Waals surface area contributed by atoms with Crippen LogP contribution in [0.4, 0.5) is 0 Å². The third-order valence-corrected chi connectivity index (χ3v) is 3.61. The predicted molar refractivity (Wildman–Crippen MR) is 74.2 cm³/mol. The number of carbonyl (C=O) groups is 1. The molecule has 96 valence electrons. The number of hydrogen-bond acceptors (Lipinski definition) is 3. The maximum Gasteiger partial charge on any atom is 0.159 e. The molecule has 0 unspecified atom stereocenters. The molecule has 0 spiro atoms. The van der Waals surface area contributed by atoms with Gasteiger partial charge in [0.2, 0.25) is 0 Å². The lowest BCUT2D eigenvalue weighted by Gasteiger charge is -2.23. The van der Waals surface area contributed by atoms with Crippen molar-refractivity contribution in [3.8, 4) is 5.75 Å². The number of aryl methyl sites for hydroxylation is 1. The van der Waals surface area contributed by atoms with E-state index in [0.717, 1.165) is 33.5 Å². The van der Waals surface area contributed by atoms with Crippen molar-refractivity contribution in [3.05, 3.63) is 46.9 Å². The molecule has 3 rings (SSSR count). The lowest BCUT2D eigenvalue weighted by Crippen LogP contribution is -2.15. The number of ketones is 1. The number of benzene rings is 1. The molecule has 3 nitrogen and oxygen atoms in total. The Balaban J connectivity index is 2.27. The maximum atomic E-state index is 11.6. The zero-order valence-corrected chi connectivity index (χ0v) is 11.3. The molecule has 3 heteroatoms. The maximum absolute atomic E-state index is 11.6. The second kappa shape index (κ2) is 4.19. The first-order valence-corrected chi connectivity index (χ1v) is 6.34. The molecular weight excluding hydrogens is 238 g/mol. The van der Waals surface area contributed by atoms with Gasteiger partial charge in [-0.1, -0.05) is 12.1 Å². The molecule has 0 atom stereocenters. The first kappa shape index (κ1) is 11.9. The second-order valence-corrected chi connectivity index (χ2v) is 4.89. The normalized spacial score (nSPS) is 14.3. The third-order valence-electron chi connectivity index (χ3n) is 3.61. The molecule has 1 aliphatic rings. The Kier molecular flexibility index (Phi) is 2.63. The van der Waals surface area contributed by atoms with Crippen LogP contribution in [-0.2, 0) is 11.2 Å². The van der Waals surface area contributed by atoms with E-state index in [9.17, 15) is 4.79 Å². The summed E-state index contributed by atoms with van der Waals surface area (Å²) in [4.78, 5) is 16.2. The molecule has 1 aromatic carbocycles. The molecule has 0 saturated carbocycles. The summed E-state index contributed by atoms with van der Waals surface area (Å²) in [5.74, 6) is 1.62. The Morgan fingerprint density at radius 2 is 2.00 bits per heavy atom. The van der Waals surface area contributed by atoms with E-state index in [1.807, 2.05) is 38.1 Å². The number of ether oxygens (including phenoxy) is 1. The molecule has 0 N–H and O–H groups in total. The molecule has 19 heavy (non-hydrogen) atoms. The minimum absolute atomic E-state index is 0.0655. The summed E-state index contributed by atoms with van der Waals surface area (Å²) < 4.78 is 5.92. The van der Waals surface area contributed by atoms with E-state index in [1.54, 1.807) is 6.92 Å². The van der Waals surface area contributed by atoms with E-state index >= 15 is 0 Å². The van der Waals surface area contributed by atoms with E-state index in [2.05, 4.69) is 4.98 Å². The van der Waals surface area contributed by atoms with Crippen LogP contribution in [-0.4, -0.2) is 10.8 Å². The molecule has 2 aromatic rings. The highest BCUT2D eigenvalue weighted by Crippen LogP contribution is 2.37. The Labute approximate surface area is 111 Å². The van der Waals surface area contributed by atoms with Gasteiger partial charge in [-0.2, -0.15) is 0 Å². The van der Waals surface area contributed by atoms with Crippen LogP contribution < -0.4 is 4.74 Å². The number of fused-ring (bicyclic) bond motifs is 3. The molecule has 2 heterocycles. The van der Waals surface area contributed by atoms with Crippen LogP contribution in [0, 0.1) is 6.92 Å². The molecule has 0 amide bonds. The van der Waals surface area contributed by atoms with Gasteiger partial charge in [0.1, 0.15) is 11.5 Å². The van der Waals surface area contributed by atoms with Crippen molar-refractivity contribution in [3.63, 3.8) is 0 Å². The molecule has 0 bridgehead atoms. The lowest BCUT2D eigenvalue weighted by atomic mass is 9.95. The van der Waals surface area contributed by atoms with Crippen LogP contribution in [0.5, 0.6) is 5.75 Å². The van der Waals surface area contributed by atoms with E-state index in [-0.39, 0.29) is 5.78 Å². The van der Waals surface area contributed by atoms with Crippen LogP contribution in [0.2, 0.25) is 0 Å². The number of Topliss-reactive ketones (excluding diaryl/α,β-unsaturated/α-hetero) is 1. The number of hydrogen-bond donors (Lipinski definition) is 0. The highest BCUT2D eigenvalue weighted by atomic mass is 16.5. The van der Waals surface area contributed by atoms with Crippen molar-refractivity contribution < 1.29 is 9.53 Å². The van der Waals surface area contributed by atoms with Gasteiger partial charge in [-0.15, -0.1) is 0 Å². The number of para-hydroxylation sites is 1. The summed E-state index contributed by atoms with van der Waals surface area (Å²) in [7, 11) is 0. The average molecular weight is 253 g/mol. The minimum Gasteiger partial charge on any atom is -0.461 e. The third kappa shape index (κ3) is 1.82. The summed E-state index contributed by atoms with van der Waals surface area (Å²) in [6, 6.07) is 7.92. The molecule has 0 fully saturated rings. The van der Waals surface area contributed by atoms with Crippen LogP contribution in [0.25, 0.3) is 10.9 Å². The van der Waals surface area contributed by atoms with Gasteiger partial charge in [-0.3, -0.25) is 9.78 Å². The van der Waals surface area contributed by atoms with Gasteiger partial charge < -0.3 is 4.74 Å². The average Bonchev–Trinajstić information content (AvgIpc) is 2.38. The van der Waals surface area contributed by atoms with Crippen molar-refractivity contribution in [2.45, 2.75) is 27.2 Å². The van der Waals surface area contributed by atoms with Crippen LogP contribution in [0.15, 0.2) is 35.6 Å². The summed E-state index contributed by atoms with van der Waals surface area (Å²) in [5, 5.41) is 1.00. The number of pyridine rings is 1. The highest BCUT2D eigenvalue weighted by molar-refractivity contribution is 5.96. The van der Waals surface area contributed by atoms with Gasteiger partial charge in [0.25, 0.3) is 0 Å². The Morgan fingerprint density at radius 1 is 1.26 bits per heavy atom. The van der Waals surface area contributed by atoms with Crippen LogP contribution >= 0.6 is 0 Å².